The van der Waals surface area contributed by atoms with Crippen LogP contribution in [-0.2, 0) is 14.8 Å². The van der Waals surface area contributed by atoms with E-state index in [0.717, 1.165) is 25.7 Å². The van der Waals surface area contributed by atoms with E-state index in [9.17, 15) is 18.0 Å². The summed E-state index contributed by atoms with van der Waals surface area (Å²) in [5, 5.41) is 2.91. The lowest BCUT2D eigenvalue weighted by Gasteiger charge is -2.21. The lowest BCUT2D eigenvalue weighted by molar-refractivity contribution is 0.0526. The van der Waals surface area contributed by atoms with Crippen molar-refractivity contribution in [3.8, 4) is 0 Å². The molecule has 172 valence electrons. The summed E-state index contributed by atoms with van der Waals surface area (Å²) in [4.78, 5) is 25.0. The van der Waals surface area contributed by atoms with Crippen LogP contribution in [0.2, 0.25) is 5.02 Å². The van der Waals surface area contributed by atoms with E-state index < -0.39 is 21.9 Å². The Hall–Kier alpha value is -2.42. The number of carbonyl (C=O) groups is 2. The standard InChI is InChI=1S/C23H27ClN2O5S/c1-3-31-23(28)19-15-18(10-11-20(19)24)25-22(27)17-9-8-16(2)21(14-17)32(29,30)26-12-6-4-5-7-13-26/h8-11,14-15H,3-7,12-13H2,1-2H3,(H,25,27). The van der Waals surface area contributed by atoms with Crippen LogP contribution in [-0.4, -0.2) is 44.3 Å². The van der Waals surface area contributed by atoms with Crippen LogP contribution in [0.5, 0.6) is 0 Å². The number of anilines is 1. The van der Waals surface area contributed by atoms with Crippen molar-refractivity contribution in [1.29, 1.82) is 0 Å². The number of ether oxygens (including phenoxy) is 1. The Morgan fingerprint density at radius 2 is 1.75 bits per heavy atom. The minimum atomic E-state index is -3.70. The Kier molecular flexibility index (Phi) is 7.92. The van der Waals surface area contributed by atoms with Crippen LogP contribution in [0.3, 0.4) is 0 Å². The number of amides is 1. The predicted molar refractivity (Wildman–Crippen MR) is 124 cm³/mol. The summed E-state index contributed by atoms with van der Waals surface area (Å²) in [6, 6.07) is 9.11. The fourth-order valence-electron chi connectivity index (χ4n) is 3.61. The zero-order valence-electron chi connectivity index (χ0n) is 18.2. The summed E-state index contributed by atoms with van der Waals surface area (Å²) >= 11 is 6.07. The third-order valence-corrected chi connectivity index (χ3v) is 7.72. The summed E-state index contributed by atoms with van der Waals surface area (Å²) in [5.74, 6) is -1.08. The largest absolute Gasteiger partial charge is 0.462 e. The number of benzene rings is 2. The fourth-order valence-corrected chi connectivity index (χ4v) is 5.57. The Morgan fingerprint density at radius 3 is 2.41 bits per heavy atom. The number of carbonyl (C=O) groups excluding carboxylic acids is 2. The molecule has 2 aromatic rings. The maximum atomic E-state index is 13.2. The van der Waals surface area contributed by atoms with Gasteiger partial charge in [0.25, 0.3) is 5.91 Å². The monoisotopic (exact) mass is 478 g/mol. The number of hydrogen-bond donors (Lipinski definition) is 1. The van der Waals surface area contributed by atoms with Gasteiger partial charge in [0.2, 0.25) is 10.0 Å². The molecule has 0 spiro atoms. The Labute approximate surface area is 193 Å². The van der Waals surface area contributed by atoms with E-state index in [1.165, 1.54) is 22.5 Å². The van der Waals surface area contributed by atoms with E-state index >= 15 is 0 Å². The number of sulfonamides is 1. The van der Waals surface area contributed by atoms with Gasteiger partial charge in [-0.1, -0.05) is 30.5 Å². The minimum absolute atomic E-state index is 0.135. The molecule has 0 aromatic heterocycles. The van der Waals surface area contributed by atoms with Crippen molar-refractivity contribution in [2.45, 2.75) is 44.4 Å². The summed E-state index contributed by atoms with van der Waals surface area (Å²) in [5.41, 5.74) is 1.28. The predicted octanol–water partition coefficient (Wildman–Crippen LogP) is 4.64. The third kappa shape index (κ3) is 5.49. The highest BCUT2D eigenvalue weighted by Crippen LogP contribution is 2.26. The lowest BCUT2D eigenvalue weighted by Crippen LogP contribution is -2.32. The first kappa shape index (κ1) is 24.2. The van der Waals surface area contributed by atoms with Gasteiger partial charge in [-0.2, -0.15) is 4.31 Å². The van der Waals surface area contributed by atoms with Crippen LogP contribution in [0.25, 0.3) is 0 Å². The minimum Gasteiger partial charge on any atom is -0.462 e. The molecule has 1 aliphatic rings. The average molecular weight is 479 g/mol. The number of nitrogens with zero attached hydrogens (tertiary/aromatic N) is 1. The van der Waals surface area contributed by atoms with Crippen LogP contribution in [0.1, 0.15) is 58.9 Å². The first-order valence-corrected chi connectivity index (χ1v) is 12.4. The number of aryl methyl sites for hydroxylation is 1. The Balaban J connectivity index is 1.86. The molecule has 0 bridgehead atoms. The molecule has 0 aliphatic carbocycles. The highest BCUT2D eigenvalue weighted by molar-refractivity contribution is 7.89. The number of esters is 1. The van der Waals surface area contributed by atoms with Crippen molar-refractivity contribution in [1.82, 2.24) is 4.31 Å². The lowest BCUT2D eigenvalue weighted by atomic mass is 10.1. The molecular formula is C23H27ClN2O5S. The quantitative estimate of drug-likeness (QED) is 0.610. The van der Waals surface area contributed by atoms with E-state index in [2.05, 4.69) is 5.32 Å². The first-order chi connectivity index (χ1) is 15.2. The first-order valence-electron chi connectivity index (χ1n) is 10.6. The van der Waals surface area contributed by atoms with Gasteiger partial charge >= 0.3 is 5.97 Å². The fraction of sp³-hybridized carbons (Fsp3) is 0.391. The molecule has 1 heterocycles. The zero-order chi connectivity index (χ0) is 23.3. The average Bonchev–Trinajstić information content (AvgIpc) is 3.05. The van der Waals surface area contributed by atoms with Gasteiger partial charge in [-0.15, -0.1) is 0 Å². The van der Waals surface area contributed by atoms with E-state index in [4.69, 9.17) is 16.3 Å². The van der Waals surface area contributed by atoms with Crippen LogP contribution < -0.4 is 5.32 Å². The second-order valence-corrected chi connectivity index (χ2v) is 9.98. The van der Waals surface area contributed by atoms with Gasteiger partial charge in [-0.05, 0) is 62.6 Å². The van der Waals surface area contributed by atoms with Gasteiger partial charge in [0.05, 0.1) is 22.1 Å². The molecule has 1 saturated heterocycles. The summed E-state index contributed by atoms with van der Waals surface area (Å²) in [6.07, 6.45) is 3.69. The molecular weight excluding hydrogens is 452 g/mol. The van der Waals surface area contributed by atoms with Crippen molar-refractivity contribution in [2.75, 3.05) is 25.0 Å². The SMILES string of the molecule is CCOC(=O)c1cc(NC(=O)c2ccc(C)c(S(=O)(=O)N3CCCCCC3)c2)ccc1Cl. The van der Waals surface area contributed by atoms with Crippen LogP contribution >= 0.6 is 11.6 Å². The van der Waals surface area contributed by atoms with Gasteiger partial charge in [-0.3, -0.25) is 4.79 Å². The molecule has 1 amide bonds. The summed E-state index contributed by atoms with van der Waals surface area (Å²) < 4.78 is 33.0. The van der Waals surface area contributed by atoms with E-state index in [1.807, 2.05) is 0 Å². The Morgan fingerprint density at radius 1 is 1.06 bits per heavy atom. The molecule has 0 saturated carbocycles. The van der Waals surface area contributed by atoms with E-state index in [0.29, 0.717) is 24.3 Å². The molecule has 1 N–H and O–H groups in total. The second-order valence-electron chi connectivity index (χ2n) is 7.67. The van der Waals surface area contributed by atoms with Crippen LogP contribution in [0, 0.1) is 6.92 Å². The van der Waals surface area contributed by atoms with E-state index in [1.54, 1.807) is 32.0 Å². The molecule has 1 fully saturated rings. The normalized spacial score (nSPS) is 15.1. The second kappa shape index (κ2) is 10.5. The highest BCUT2D eigenvalue weighted by Gasteiger charge is 2.27. The van der Waals surface area contributed by atoms with Gasteiger partial charge < -0.3 is 10.1 Å². The van der Waals surface area contributed by atoms with Gasteiger partial charge in [-0.25, -0.2) is 13.2 Å². The van der Waals surface area contributed by atoms with Crippen LogP contribution in [0.15, 0.2) is 41.3 Å². The van der Waals surface area contributed by atoms with Gasteiger partial charge in [0.1, 0.15) is 0 Å². The summed E-state index contributed by atoms with van der Waals surface area (Å²) in [6.45, 7) is 4.58. The molecule has 1 aliphatic heterocycles. The molecule has 0 unspecified atom stereocenters. The zero-order valence-corrected chi connectivity index (χ0v) is 19.8. The Bertz CT molecular complexity index is 1110. The maximum Gasteiger partial charge on any atom is 0.339 e. The van der Waals surface area contributed by atoms with Gasteiger partial charge in [0, 0.05) is 24.3 Å². The molecule has 3 rings (SSSR count). The van der Waals surface area contributed by atoms with Crippen LogP contribution in [0.4, 0.5) is 5.69 Å². The molecule has 2 aromatic carbocycles. The van der Waals surface area contributed by atoms with Crippen molar-refractivity contribution in [2.24, 2.45) is 0 Å². The number of nitrogens with one attached hydrogen (secondary N) is 1. The number of halogens is 1. The molecule has 7 nitrogen and oxygen atoms in total. The summed E-state index contributed by atoms with van der Waals surface area (Å²) in [7, 11) is -3.70. The van der Waals surface area contributed by atoms with Gasteiger partial charge in [0.15, 0.2) is 0 Å². The topological polar surface area (TPSA) is 92.8 Å². The van der Waals surface area contributed by atoms with Crippen molar-refractivity contribution < 1.29 is 22.7 Å². The number of hydrogen-bond acceptors (Lipinski definition) is 5. The smallest absolute Gasteiger partial charge is 0.339 e. The highest BCUT2D eigenvalue weighted by atomic mass is 35.5. The van der Waals surface area contributed by atoms with Crippen molar-refractivity contribution in [3.05, 3.63) is 58.1 Å². The molecule has 0 atom stereocenters. The van der Waals surface area contributed by atoms with Crippen molar-refractivity contribution in [3.63, 3.8) is 0 Å². The maximum absolute atomic E-state index is 13.2. The third-order valence-electron chi connectivity index (χ3n) is 5.35. The van der Waals surface area contributed by atoms with E-state index in [-0.39, 0.29) is 27.7 Å². The molecule has 9 heteroatoms. The van der Waals surface area contributed by atoms with Crippen molar-refractivity contribution >= 4 is 39.2 Å². The molecule has 0 radical (unpaired) electrons. The molecule has 32 heavy (non-hydrogen) atoms. The number of rotatable bonds is 6.